The zero-order chi connectivity index (χ0) is 42.1. The highest BCUT2D eigenvalue weighted by Crippen LogP contribution is 2.42. The minimum atomic E-state index is 0.627. The van der Waals surface area contributed by atoms with Crippen molar-refractivity contribution < 1.29 is 0 Å². The van der Waals surface area contributed by atoms with Gasteiger partial charge in [0.15, 0.2) is 17.5 Å². The predicted molar refractivity (Wildman–Crippen MR) is 265 cm³/mol. The van der Waals surface area contributed by atoms with Crippen molar-refractivity contribution in [2.75, 3.05) is 0 Å². The molecule has 0 N–H and O–H groups in total. The molecule has 0 spiro atoms. The summed E-state index contributed by atoms with van der Waals surface area (Å²) in [5, 5.41) is 9.83. The molecule has 13 rings (SSSR count). The molecule has 0 saturated heterocycles. The van der Waals surface area contributed by atoms with E-state index < -0.39 is 0 Å². The van der Waals surface area contributed by atoms with Gasteiger partial charge in [-0.3, -0.25) is 0 Å². The fourth-order valence-electron chi connectivity index (χ4n) is 9.81. The number of nitrogens with zero attached hydrogens (tertiary/aromatic N) is 5. The lowest BCUT2D eigenvalue weighted by molar-refractivity contribution is 1.07. The van der Waals surface area contributed by atoms with Gasteiger partial charge in [0.05, 0.1) is 22.1 Å². The second kappa shape index (κ2) is 14.5. The first-order valence-electron chi connectivity index (χ1n) is 21.7. The quantitative estimate of drug-likeness (QED) is 0.157. The highest BCUT2D eigenvalue weighted by atomic mass is 15.0. The van der Waals surface area contributed by atoms with E-state index in [4.69, 9.17) is 15.0 Å². The van der Waals surface area contributed by atoms with E-state index in [0.717, 1.165) is 39.1 Å². The largest absolute Gasteiger partial charge is 0.309 e. The molecule has 0 unspecified atom stereocenters. The summed E-state index contributed by atoms with van der Waals surface area (Å²) in [6.45, 7) is 0. The highest BCUT2D eigenvalue weighted by Gasteiger charge is 2.19. The van der Waals surface area contributed by atoms with Gasteiger partial charge in [-0.1, -0.05) is 158 Å². The molecule has 0 aliphatic heterocycles. The van der Waals surface area contributed by atoms with Gasteiger partial charge in [-0.2, -0.15) is 0 Å². The van der Waals surface area contributed by atoms with Gasteiger partial charge in [-0.15, -0.1) is 0 Å². The molecule has 64 heavy (non-hydrogen) atoms. The number of hydrogen-bond acceptors (Lipinski definition) is 3. The molecule has 5 heteroatoms. The summed E-state index contributed by atoms with van der Waals surface area (Å²) >= 11 is 0. The highest BCUT2D eigenvalue weighted by molar-refractivity contribution is 6.21. The molecule has 0 aliphatic carbocycles. The van der Waals surface area contributed by atoms with Crippen LogP contribution >= 0.6 is 0 Å². The Morgan fingerprint density at radius 3 is 1.39 bits per heavy atom. The second-order valence-corrected chi connectivity index (χ2v) is 16.4. The van der Waals surface area contributed by atoms with Crippen molar-refractivity contribution >= 4 is 65.2 Å². The third-order valence-corrected chi connectivity index (χ3v) is 12.7. The van der Waals surface area contributed by atoms with Crippen molar-refractivity contribution in [2.45, 2.75) is 0 Å². The fourth-order valence-corrected chi connectivity index (χ4v) is 9.81. The zero-order valence-electron chi connectivity index (χ0n) is 34.6. The van der Waals surface area contributed by atoms with E-state index in [0.29, 0.717) is 17.5 Å². The smallest absolute Gasteiger partial charge is 0.164 e. The van der Waals surface area contributed by atoms with Crippen LogP contribution in [0.2, 0.25) is 0 Å². The van der Waals surface area contributed by atoms with Crippen molar-refractivity contribution in [3.63, 3.8) is 0 Å². The zero-order valence-corrected chi connectivity index (χ0v) is 34.6. The van der Waals surface area contributed by atoms with E-state index in [-0.39, 0.29) is 0 Å². The third-order valence-electron chi connectivity index (χ3n) is 12.7. The van der Waals surface area contributed by atoms with Crippen LogP contribution in [0.4, 0.5) is 0 Å². The molecule has 13 aromatic rings. The number of hydrogen-bond donors (Lipinski definition) is 0. The van der Waals surface area contributed by atoms with Crippen LogP contribution in [0.15, 0.2) is 224 Å². The van der Waals surface area contributed by atoms with Crippen molar-refractivity contribution in [3.05, 3.63) is 224 Å². The maximum atomic E-state index is 5.05. The Morgan fingerprint density at radius 1 is 0.250 bits per heavy atom. The minimum absolute atomic E-state index is 0.627. The van der Waals surface area contributed by atoms with Gasteiger partial charge >= 0.3 is 0 Å². The van der Waals surface area contributed by atoms with E-state index in [9.17, 15) is 0 Å². The minimum Gasteiger partial charge on any atom is -0.309 e. The monoisotopic (exact) mass is 815 g/mol. The lowest BCUT2D eigenvalue weighted by atomic mass is 9.92. The summed E-state index contributed by atoms with van der Waals surface area (Å²) in [6, 6.07) is 80.0. The first kappa shape index (κ1) is 36.0. The summed E-state index contributed by atoms with van der Waals surface area (Å²) < 4.78 is 4.77. The fraction of sp³-hybridized carbons (Fsp3) is 0. The third kappa shape index (κ3) is 5.75. The molecule has 0 fully saturated rings. The van der Waals surface area contributed by atoms with E-state index in [1.54, 1.807) is 0 Å². The summed E-state index contributed by atoms with van der Waals surface area (Å²) in [4.78, 5) is 15.0. The number of fused-ring (bicyclic) bond motifs is 9. The average Bonchev–Trinajstić information content (AvgIpc) is 3.88. The van der Waals surface area contributed by atoms with Crippen molar-refractivity contribution in [1.82, 2.24) is 24.1 Å². The van der Waals surface area contributed by atoms with Crippen LogP contribution in [0.5, 0.6) is 0 Å². The summed E-state index contributed by atoms with van der Waals surface area (Å²) in [5.74, 6) is 1.91. The predicted octanol–water partition coefficient (Wildman–Crippen LogP) is 15.0. The van der Waals surface area contributed by atoms with Crippen molar-refractivity contribution in [1.29, 1.82) is 0 Å². The molecule has 3 heterocycles. The molecule has 0 aliphatic rings. The van der Waals surface area contributed by atoms with Gasteiger partial charge in [0.25, 0.3) is 0 Å². The Labute approximate surface area is 368 Å². The molecule has 0 radical (unpaired) electrons. The van der Waals surface area contributed by atoms with Crippen LogP contribution in [-0.4, -0.2) is 24.1 Å². The SMILES string of the molecule is c1ccc(-c2nc(-c3ccccc3)nc(-c3cccc(-n4c5ccccc5c5cc(-c6cc7cc8c9ccccc9n(-c9ccccc9)c8cc7c7ccccc67)ccc54)c3)n2)cc1. The molecule has 0 amide bonds. The van der Waals surface area contributed by atoms with Crippen LogP contribution < -0.4 is 0 Å². The van der Waals surface area contributed by atoms with Crippen LogP contribution in [0, 0.1) is 0 Å². The Bertz CT molecular complexity index is 3890. The summed E-state index contributed by atoms with van der Waals surface area (Å²) in [6.07, 6.45) is 0. The first-order chi connectivity index (χ1) is 31.7. The van der Waals surface area contributed by atoms with E-state index in [2.05, 4.69) is 173 Å². The molecule has 10 aromatic carbocycles. The molecule has 3 aromatic heterocycles. The normalized spacial score (nSPS) is 11.8. The number of benzene rings is 10. The molecule has 0 bridgehead atoms. The van der Waals surface area contributed by atoms with Gasteiger partial charge in [-0.25, -0.2) is 15.0 Å². The maximum absolute atomic E-state index is 5.05. The van der Waals surface area contributed by atoms with Crippen molar-refractivity contribution in [3.8, 4) is 56.7 Å². The molecule has 5 nitrogen and oxygen atoms in total. The van der Waals surface area contributed by atoms with Crippen LogP contribution in [0.3, 0.4) is 0 Å². The molecule has 0 atom stereocenters. The Balaban J connectivity index is 0.979. The molecule has 0 saturated carbocycles. The number of aromatic nitrogens is 5. The second-order valence-electron chi connectivity index (χ2n) is 16.4. The Morgan fingerprint density at radius 2 is 0.734 bits per heavy atom. The van der Waals surface area contributed by atoms with E-state index in [1.807, 2.05) is 60.7 Å². The van der Waals surface area contributed by atoms with Gasteiger partial charge in [-0.05, 0) is 99.4 Å². The standard InChI is InChI=1S/C59H37N5/c1-4-17-38(18-5-1)57-60-58(39-19-6-2-7-20-39)62-59(61-57)41-21-16-24-44(33-41)64-54-30-15-12-27-47(54)51-34-40(31-32-55(51)64)49-35-42-36-52-48-28-13-14-29-53(48)63(43-22-8-3-9-23-43)56(52)37-50(42)46-26-11-10-25-45(46)49/h1-37H. The Hall–Kier alpha value is -8.67. The molecular weight excluding hydrogens is 779 g/mol. The van der Waals surface area contributed by atoms with Gasteiger partial charge in [0.1, 0.15) is 0 Å². The molecule has 298 valence electrons. The summed E-state index contributed by atoms with van der Waals surface area (Å²) in [5.41, 5.74) is 12.1. The van der Waals surface area contributed by atoms with Crippen LogP contribution in [-0.2, 0) is 0 Å². The molecular formula is C59H37N5. The van der Waals surface area contributed by atoms with E-state index >= 15 is 0 Å². The van der Waals surface area contributed by atoms with Crippen LogP contribution in [0.1, 0.15) is 0 Å². The number of para-hydroxylation sites is 3. The first-order valence-corrected chi connectivity index (χ1v) is 21.7. The van der Waals surface area contributed by atoms with E-state index in [1.165, 1.54) is 65.3 Å². The average molecular weight is 816 g/mol. The van der Waals surface area contributed by atoms with Gasteiger partial charge in [0.2, 0.25) is 0 Å². The lowest BCUT2D eigenvalue weighted by Crippen LogP contribution is -2.01. The summed E-state index contributed by atoms with van der Waals surface area (Å²) in [7, 11) is 0. The lowest BCUT2D eigenvalue weighted by Gasteiger charge is -2.14. The topological polar surface area (TPSA) is 48.5 Å². The van der Waals surface area contributed by atoms with Gasteiger partial charge in [0, 0.05) is 49.6 Å². The Kier molecular flexibility index (Phi) is 8.15. The number of rotatable bonds is 6. The maximum Gasteiger partial charge on any atom is 0.164 e. The van der Waals surface area contributed by atoms with Crippen LogP contribution in [0.25, 0.3) is 122 Å². The van der Waals surface area contributed by atoms with Crippen molar-refractivity contribution in [2.24, 2.45) is 0 Å². The van der Waals surface area contributed by atoms with Gasteiger partial charge < -0.3 is 9.13 Å².